The van der Waals surface area contributed by atoms with Gasteiger partial charge in [0.2, 0.25) is 11.9 Å². The van der Waals surface area contributed by atoms with Crippen molar-refractivity contribution in [2.75, 3.05) is 31.1 Å². The van der Waals surface area contributed by atoms with Crippen LogP contribution in [0.1, 0.15) is 5.56 Å². The fourth-order valence-electron chi connectivity index (χ4n) is 3.88. The summed E-state index contributed by atoms with van der Waals surface area (Å²) >= 11 is 1.44. The summed E-state index contributed by atoms with van der Waals surface area (Å²) in [5.74, 6) is 0.584. The molecule has 5 rings (SSSR count). The lowest BCUT2D eigenvalue weighted by Crippen LogP contribution is -2.50. The van der Waals surface area contributed by atoms with Gasteiger partial charge in [0.15, 0.2) is 0 Å². The van der Waals surface area contributed by atoms with Crippen LogP contribution in [0.2, 0.25) is 0 Å². The molecular formula is C23H22N6O2S. The summed E-state index contributed by atoms with van der Waals surface area (Å²) in [6.07, 6.45) is 4.90. The first-order valence-corrected chi connectivity index (χ1v) is 11.3. The van der Waals surface area contributed by atoms with Gasteiger partial charge in [0.05, 0.1) is 11.7 Å². The summed E-state index contributed by atoms with van der Waals surface area (Å²) in [5.41, 5.74) is 2.81. The van der Waals surface area contributed by atoms with Crippen molar-refractivity contribution in [1.29, 1.82) is 0 Å². The van der Waals surface area contributed by atoms with Crippen LogP contribution in [0.5, 0.6) is 0 Å². The zero-order valence-electron chi connectivity index (χ0n) is 17.6. The van der Waals surface area contributed by atoms with E-state index in [-0.39, 0.29) is 18.0 Å². The second kappa shape index (κ2) is 8.51. The molecule has 1 aromatic carbocycles. The highest BCUT2D eigenvalue weighted by Gasteiger charge is 2.23. The van der Waals surface area contributed by atoms with Gasteiger partial charge in [-0.15, -0.1) is 11.3 Å². The number of hydrogen-bond acceptors (Lipinski definition) is 7. The number of anilines is 1. The van der Waals surface area contributed by atoms with E-state index in [2.05, 4.69) is 19.9 Å². The molecule has 0 N–H and O–H groups in total. The lowest BCUT2D eigenvalue weighted by molar-refractivity contribution is -0.132. The van der Waals surface area contributed by atoms with E-state index in [0.29, 0.717) is 42.3 Å². The van der Waals surface area contributed by atoms with E-state index in [1.807, 2.05) is 36.6 Å². The molecule has 3 aromatic heterocycles. The number of fused-ring (bicyclic) bond motifs is 1. The van der Waals surface area contributed by atoms with Crippen LogP contribution in [-0.2, 0) is 11.3 Å². The number of benzene rings is 1. The van der Waals surface area contributed by atoms with Crippen molar-refractivity contribution < 1.29 is 4.79 Å². The quantitative estimate of drug-likeness (QED) is 0.479. The normalized spacial score (nSPS) is 14.2. The standard InChI is InChI=1S/C23H22N6O2S/c1-16-3-5-17(6-4-16)18-14-32-21-20(18)22(31)29(15-26-21)13-19(30)27-9-11-28(12-10-27)23-24-7-2-8-25-23/h2-8,14-15H,9-13H2,1H3. The average Bonchev–Trinajstić information content (AvgIpc) is 3.27. The van der Waals surface area contributed by atoms with Crippen molar-refractivity contribution in [1.82, 2.24) is 24.4 Å². The van der Waals surface area contributed by atoms with Crippen LogP contribution >= 0.6 is 11.3 Å². The van der Waals surface area contributed by atoms with Gasteiger partial charge in [-0.2, -0.15) is 0 Å². The van der Waals surface area contributed by atoms with Crippen LogP contribution in [-0.4, -0.2) is 56.5 Å². The van der Waals surface area contributed by atoms with E-state index < -0.39 is 0 Å². The Labute approximate surface area is 188 Å². The summed E-state index contributed by atoms with van der Waals surface area (Å²) < 4.78 is 1.42. The highest BCUT2D eigenvalue weighted by atomic mass is 32.1. The van der Waals surface area contributed by atoms with Crippen molar-refractivity contribution >= 4 is 33.4 Å². The molecule has 0 spiro atoms. The maximum atomic E-state index is 13.2. The number of carbonyl (C=O) groups is 1. The Balaban J connectivity index is 1.34. The van der Waals surface area contributed by atoms with Crippen LogP contribution in [0.15, 0.2) is 59.2 Å². The SMILES string of the molecule is Cc1ccc(-c2csc3ncn(CC(=O)N4CCN(c5ncccn5)CC4)c(=O)c23)cc1. The Bertz CT molecular complexity index is 1310. The highest BCUT2D eigenvalue weighted by molar-refractivity contribution is 7.17. The summed E-state index contributed by atoms with van der Waals surface area (Å²) in [6.45, 7) is 4.45. The molecular weight excluding hydrogens is 424 g/mol. The van der Waals surface area contributed by atoms with Crippen LogP contribution in [0.4, 0.5) is 5.95 Å². The number of aryl methyl sites for hydroxylation is 1. The van der Waals surface area contributed by atoms with Gasteiger partial charge < -0.3 is 9.80 Å². The van der Waals surface area contributed by atoms with Gasteiger partial charge in [0.1, 0.15) is 11.4 Å². The third-order valence-corrected chi connectivity index (χ3v) is 6.58. The first-order chi connectivity index (χ1) is 15.6. The van der Waals surface area contributed by atoms with Crippen molar-refractivity contribution in [2.45, 2.75) is 13.5 Å². The van der Waals surface area contributed by atoms with E-state index in [9.17, 15) is 9.59 Å². The summed E-state index contributed by atoms with van der Waals surface area (Å²) in [6, 6.07) is 9.85. The maximum Gasteiger partial charge on any atom is 0.263 e. The Morgan fingerprint density at radius 1 is 1.03 bits per heavy atom. The molecule has 1 aliphatic rings. The molecule has 32 heavy (non-hydrogen) atoms. The van der Waals surface area contributed by atoms with Gasteiger partial charge in [0, 0.05) is 49.5 Å². The minimum atomic E-state index is -0.184. The van der Waals surface area contributed by atoms with E-state index in [1.165, 1.54) is 22.2 Å². The Morgan fingerprint density at radius 2 is 1.75 bits per heavy atom. The van der Waals surface area contributed by atoms with Crippen LogP contribution in [0.25, 0.3) is 21.3 Å². The third-order valence-electron chi connectivity index (χ3n) is 5.70. The molecule has 0 saturated carbocycles. The molecule has 0 aliphatic carbocycles. The van der Waals surface area contributed by atoms with E-state index >= 15 is 0 Å². The van der Waals surface area contributed by atoms with Crippen LogP contribution in [0.3, 0.4) is 0 Å². The van der Waals surface area contributed by atoms with E-state index in [4.69, 9.17) is 0 Å². The predicted octanol–water partition coefficient (Wildman–Crippen LogP) is 2.57. The molecule has 162 valence electrons. The van der Waals surface area contributed by atoms with Gasteiger partial charge >= 0.3 is 0 Å². The number of piperazine rings is 1. The molecule has 0 radical (unpaired) electrons. The highest BCUT2D eigenvalue weighted by Crippen LogP contribution is 2.30. The number of rotatable bonds is 4. The van der Waals surface area contributed by atoms with Crippen LogP contribution < -0.4 is 10.5 Å². The fraction of sp³-hybridized carbons (Fsp3) is 0.261. The molecule has 0 bridgehead atoms. The molecule has 4 heterocycles. The van der Waals surface area contributed by atoms with Gasteiger partial charge in [-0.05, 0) is 18.6 Å². The third kappa shape index (κ3) is 3.87. The lowest BCUT2D eigenvalue weighted by Gasteiger charge is -2.34. The Morgan fingerprint density at radius 3 is 2.47 bits per heavy atom. The molecule has 1 fully saturated rings. The van der Waals surface area contributed by atoms with Crippen molar-refractivity contribution in [3.8, 4) is 11.1 Å². The Kier molecular flexibility index (Phi) is 5.40. The average molecular weight is 447 g/mol. The molecule has 9 heteroatoms. The van der Waals surface area contributed by atoms with E-state index in [0.717, 1.165) is 16.7 Å². The summed E-state index contributed by atoms with van der Waals surface area (Å²) in [4.78, 5) is 43.7. The van der Waals surface area contributed by atoms with Gasteiger partial charge in [-0.25, -0.2) is 15.0 Å². The summed E-state index contributed by atoms with van der Waals surface area (Å²) in [5, 5.41) is 2.53. The number of hydrogen-bond donors (Lipinski definition) is 0. The Hall–Kier alpha value is -3.59. The predicted molar refractivity (Wildman–Crippen MR) is 125 cm³/mol. The van der Waals surface area contributed by atoms with Gasteiger partial charge in [-0.1, -0.05) is 29.8 Å². The molecule has 1 saturated heterocycles. The van der Waals surface area contributed by atoms with Crippen molar-refractivity contribution in [3.05, 3.63) is 70.4 Å². The van der Waals surface area contributed by atoms with Crippen molar-refractivity contribution in [2.24, 2.45) is 0 Å². The van der Waals surface area contributed by atoms with Crippen molar-refractivity contribution in [3.63, 3.8) is 0 Å². The number of aromatic nitrogens is 4. The number of thiophene rings is 1. The monoisotopic (exact) mass is 446 g/mol. The number of nitrogens with zero attached hydrogens (tertiary/aromatic N) is 6. The first-order valence-electron chi connectivity index (χ1n) is 10.4. The molecule has 0 unspecified atom stereocenters. The number of amides is 1. The molecule has 8 nitrogen and oxygen atoms in total. The summed E-state index contributed by atoms with van der Waals surface area (Å²) in [7, 11) is 0. The topological polar surface area (TPSA) is 84.2 Å². The molecule has 1 amide bonds. The molecule has 1 aliphatic heterocycles. The second-order valence-corrected chi connectivity index (χ2v) is 8.65. The smallest absolute Gasteiger partial charge is 0.263 e. The van der Waals surface area contributed by atoms with E-state index in [1.54, 1.807) is 23.4 Å². The molecule has 0 atom stereocenters. The largest absolute Gasteiger partial charge is 0.338 e. The zero-order chi connectivity index (χ0) is 22.1. The second-order valence-electron chi connectivity index (χ2n) is 7.79. The van der Waals surface area contributed by atoms with Crippen LogP contribution in [0, 0.1) is 6.92 Å². The number of carbonyl (C=O) groups excluding carboxylic acids is 1. The van der Waals surface area contributed by atoms with Gasteiger partial charge in [-0.3, -0.25) is 14.2 Å². The zero-order valence-corrected chi connectivity index (χ0v) is 18.5. The fourth-order valence-corrected chi connectivity index (χ4v) is 4.79. The molecule has 4 aromatic rings. The minimum absolute atomic E-state index is 0.0210. The van der Waals surface area contributed by atoms with Gasteiger partial charge in [0.25, 0.3) is 5.56 Å². The maximum absolute atomic E-state index is 13.2. The first kappa shape index (κ1) is 20.3. The minimum Gasteiger partial charge on any atom is -0.338 e. The lowest BCUT2D eigenvalue weighted by atomic mass is 10.1.